The number of aromatic carboxylic acids is 1. The molecule has 0 saturated carbocycles. The largest absolute Gasteiger partial charge is 0.476 e. The van der Waals surface area contributed by atoms with Crippen LogP contribution in [-0.4, -0.2) is 25.7 Å². The third-order valence-corrected chi connectivity index (χ3v) is 1.70. The summed E-state index contributed by atoms with van der Waals surface area (Å²) in [4.78, 5) is 14.4. The fraction of sp³-hybridized carbons (Fsp3) is 0.143. The molecule has 0 saturated heterocycles. The van der Waals surface area contributed by atoms with Gasteiger partial charge >= 0.3 is 5.97 Å². The molecule has 0 aliphatic heterocycles. The maximum absolute atomic E-state index is 10.5. The lowest BCUT2D eigenvalue weighted by Crippen LogP contribution is -1.95. The zero-order valence-electron chi connectivity index (χ0n) is 6.40. The highest BCUT2D eigenvalue weighted by atomic mass is 16.4. The zero-order valence-corrected chi connectivity index (χ0v) is 6.40. The number of hydrogen-bond acceptors (Lipinski definition) is 2. The number of fused-ring (bicyclic) bond motifs is 1. The van der Waals surface area contributed by atoms with E-state index in [1.165, 1.54) is 6.20 Å². The monoisotopic (exact) mass is 165 g/mol. The molecule has 0 atom stereocenters. The van der Waals surface area contributed by atoms with Gasteiger partial charge < -0.3 is 5.11 Å². The Morgan fingerprint density at radius 2 is 2.50 bits per heavy atom. The predicted octanol–water partition coefficient (Wildman–Crippen LogP) is 0.669. The van der Waals surface area contributed by atoms with Crippen molar-refractivity contribution < 1.29 is 9.90 Å². The van der Waals surface area contributed by atoms with Gasteiger partial charge in [-0.15, -0.1) is 0 Å². The number of hydrogen-bond donors (Lipinski definition) is 2. The van der Waals surface area contributed by atoms with E-state index in [4.69, 9.17) is 5.11 Å². The number of rotatable bonds is 1. The number of carboxylic acid groups (broad SMARTS) is 1. The highest BCUT2D eigenvalue weighted by Crippen LogP contribution is 2.08. The molecule has 0 bridgehead atoms. The van der Waals surface area contributed by atoms with Crippen molar-refractivity contribution in [3.8, 4) is 0 Å². The molecular formula is C7H7N3O2. The molecule has 12 heavy (non-hydrogen) atoms. The first-order chi connectivity index (χ1) is 5.68. The van der Waals surface area contributed by atoms with E-state index in [9.17, 15) is 4.79 Å². The van der Waals surface area contributed by atoms with E-state index in [1.54, 1.807) is 10.7 Å². The second-order valence-electron chi connectivity index (χ2n) is 2.58. The van der Waals surface area contributed by atoms with Gasteiger partial charge in [0.05, 0.1) is 6.20 Å². The molecular weight excluding hydrogens is 158 g/mol. The average Bonchev–Trinajstić information content (AvgIpc) is 2.53. The summed E-state index contributed by atoms with van der Waals surface area (Å²) in [5.74, 6) is -1.01. The molecule has 5 nitrogen and oxygen atoms in total. The van der Waals surface area contributed by atoms with Gasteiger partial charge in [0.2, 0.25) is 0 Å². The molecule has 2 heterocycles. The summed E-state index contributed by atoms with van der Waals surface area (Å²) in [5, 5.41) is 11.5. The van der Waals surface area contributed by atoms with Crippen molar-refractivity contribution in [3.63, 3.8) is 0 Å². The minimum absolute atomic E-state index is 0.0601. The molecule has 62 valence electrons. The minimum atomic E-state index is -1.01. The van der Waals surface area contributed by atoms with Crippen LogP contribution >= 0.6 is 0 Å². The lowest BCUT2D eigenvalue weighted by atomic mass is 10.4. The summed E-state index contributed by atoms with van der Waals surface area (Å²) in [6, 6.07) is 0. The number of carboxylic acids is 1. The van der Waals surface area contributed by atoms with Crippen molar-refractivity contribution in [2.75, 3.05) is 0 Å². The molecule has 0 aliphatic carbocycles. The van der Waals surface area contributed by atoms with E-state index in [-0.39, 0.29) is 5.69 Å². The van der Waals surface area contributed by atoms with Crippen LogP contribution < -0.4 is 0 Å². The summed E-state index contributed by atoms with van der Waals surface area (Å²) >= 11 is 0. The molecule has 2 rings (SSSR count). The van der Waals surface area contributed by atoms with Crippen LogP contribution in [0.1, 0.15) is 16.1 Å². The van der Waals surface area contributed by atoms with Gasteiger partial charge in [0.25, 0.3) is 0 Å². The molecule has 2 aromatic heterocycles. The van der Waals surface area contributed by atoms with Gasteiger partial charge in [0.1, 0.15) is 0 Å². The summed E-state index contributed by atoms with van der Waals surface area (Å²) < 4.78 is 1.58. The molecule has 0 unspecified atom stereocenters. The SMILES string of the molecule is Cc1c[nH]n2cc(C(=O)O)nc12. The lowest BCUT2D eigenvalue weighted by molar-refractivity contribution is 0.0691. The Hall–Kier alpha value is -1.78. The van der Waals surface area contributed by atoms with Gasteiger partial charge in [-0.25, -0.2) is 14.3 Å². The first-order valence-electron chi connectivity index (χ1n) is 3.45. The number of nitrogens with zero attached hydrogens (tertiary/aromatic N) is 2. The van der Waals surface area contributed by atoms with Crippen molar-refractivity contribution in [2.45, 2.75) is 6.92 Å². The first kappa shape index (κ1) is 6.90. The van der Waals surface area contributed by atoms with E-state index in [0.717, 1.165) is 5.56 Å². The maximum atomic E-state index is 10.5. The van der Waals surface area contributed by atoms with Crippen LogP contribution in [0.3, 0.4) is 0 Å². The molecule has 2 N–H and O–H groups in total. The van der Waals surface area contributed by atoms with Gasteiger partial charge in [0.15, 0.2) is 11.3 Å². The zero-order chi connectivity index (χ0) is 8.72. The Bertz CT molecular complexity index is 440. The van der Waals surface area contributed by atoms with Crippen molar-refractivity contribution in [3.05, 3.63) is 23.7 Å². The lowest BCUT2D eigenvalue weighted by Gasteiger charge is -1.80. The van der Waals surface area contributed by atoms with Crippen LogP contribution in [0.2, 0.25) is 0 Å². The van der Waals surface area contributed by atoms with Crippen molar-refractivity contribution in [1.29, 1.82) is 0 Å². The summed E-state index contributed by atoms with van der Waals surface area (Å²) in [6.45, 7) is 1.87. The molecule has 0 aliphatic rings. The molecule has 0 fully saturated rings. The normalized spacial score (nSPS) is 10.8. The number of imidazole rings is 1. The fourth-order valence-corrected chi connectivity index (χ4v) is 1.09. The van der Waals surface area contributed by atoms with Crippen LogP contribution in [0.15, 0.2) is 12.4 Å². The highest BCUT2D eigenvalue weighted by Gasteiger charge is 2.10. The molecule has 0 radical (unpaired) electrons. The van der Waals surface area contributed by atoms with Crippen LogP contribution in [-0.2, 0) is 0 Å². The number of aromatic amines is 1. The molecule has 2 aromatic rings. The number of nitrogens with one attached hydrogen (secondary N) is 1. The van der Waals surface area contributed by atoms with Gasteiger partial charge in [-0.1, -0.05) is 0 Å². The quantitative estimate of drug-likeness (QED) is 0.652. The van der Waals surface area contributed by atoms with Crippen molar-refractivity contribution in [1.82, 2.24) is 14.6 Å². The Morgan fingerprint density at radius 3 is 3.08 bits per heavy atom. The molecule has 0 aromatic carbocycles. The van der Waals surface area contributed by atoms with E-state index < -0.39 is 5.97 Å². The third-order valence-electron chi connectivity index (χ3n) is 1.70. The van der Waals surface area contributed by atoms with Gasteiger partial charge in [-0.2, -0.15) is 0 Å². The highest BCUT2D eigenvalue weighted by molar-refractivity contribution is 5.86. The topological polar surface area (TPSA) is 70.4 Å². The summed E-state index contributed by atoms with van der Waals surface area (Å²) in [6.07, 6.45) is 3.22. The van der Waals surface area contributed by atoms with Crippen molar-refractivity contribution >= 4 is 11.6 Å². The first-order valence-corrected chi connectivity index (χ1v) is 3.45. The molecule has 0 amide bonds. The van der Waals surface area contributed by atoms with E-state index in [2.05, 4.69) is 10.1 Å². The van der Waals surface area contributed by atoms with Crippen molar-refractivity contribution in [2.24, 2.45) is 0 Å². The maximum Gasteiger partial charge on any atom is 0.356 e. The van der Waals surface area contributed by atoms with Crippen LogP contribution in [0.5, 0.6) is 0 Å². The number of aryl methyl sites for hydroxylation is 1. The van der Waals surface area contributed by atoms with Gasteiger partial charge in [-0.05, 0) is 6.92 Å². The Labute approximate surface area is 67.6 Å². The third kappa shape index (κ3) is 0.795. The van der Waals surface area contributed by atoms with Gasteiger partial charge in [0, 0.05) is 11.8 Å². The summed E-state index contributed by atoms with van der Waals surface area (Å²) in [7, 11) is 0. The number of aromatic nitrogens is 3. The summed E-state index contributed by atoms with van der Waals surface area (Å²) in [5.41, 5.74) is 1.65. The van der Waals surface area contributed by atoms with Crippen LogP contribution in [0.4, 0.5) is 0 Å². The molecule has 0 spiro atoms. The number of H-pyrrole nitrogens is 1. The Kier molecular flexibility index (Phi) is 1.21. The number of carbonyl (C=O) groups is 1. The molecule has 5 heteroatoms. The van der Waals surface area contributed by atoms with Crippen LogP contribution in [0.25, 0.3) is 5.65 Å². The minimum Gasteiger partial charge on any atom is -0.476 e. The van der Waals surface area contributed by atoms with E-state index in [0.29, 0.717) is 5.65 Å². The van der Waals surface area contributed by atoms with E-state index in [1.807, 2.05) is 6.92 Å². The smallest absolute Gasteiger partial charge is 0.356 e. The Balaban J connectivity index is 2.70. The fourth-order valence-electron chi connectivity index (χ4n) is 1.09. The van der Waals surface area contributed by atoms with Crippen LogP contribution in [0, 0.1) is 6.92 Å². The predicted molar refractivity (Wildman–Crippen MR) is 41.2 cm³/mol. The standard InChI is InChI=1S/C7H7N3O2/c1-4-2-8-10-3-5(7(11)12)9-6(4)10/h2-3,8H,1H3,(H,11,12). The second-order valence-corrected chi connectivity index (χ2v) is 2.58. The van der Waals surface area contributed by atoms with Gasteiger partial charge in [-0.3, -0.25) is 5.10 Å². The second kappa shape index (κ2) is 2.10. The van der Waals surface area contributed by atoms with E-state index >= 15 is 0 Å². The average molecular weight is 165 g/mol. The Morgan fingerprint density at radius 1 is 1.75 bits per heavy atom.